The molecule has 1 aromatic carbocycles. The number of benzene rings is 1. The zero-order valence-electron chi connectivity index (χ0n) is 13.5. The molecule has 0 saturated carbocycles. The molecule has 1 unspecified atom stereocenters. The average molecular weight is 468 g/mol. The van der Waals surface area contributed by atoms with E-state index >= 15 is 0 Å². The molecule has 1 aromatic rings. The van der Waals surface area contributed by atoms with Crippen LogP contribution in [-0.2, 0) is 42.2 Å². The summed E-state index contributed by atoms with van der Waals surface area (Å²) in [5, 5.41) is -0.629. The van der Waals surface area contributed by atoms with Crippen LogP contribution in [0, 0.1) is 6.08 Å². The first-order valence-corrected chi connectivity index (χ1v) is 8.01. The zero-order valence-corrected chi connectivity index (χ0v) is 17.8. The van der Waals surface area contributed by atoms with E-state index < -0.39 is 24.3 Å². The van der Waals surface area contributed by atoms with Crippen LogP contribution in [0.4, 0.5) is 8.78 Å². The van der Waals surface area contributed by atoms with Gasteiger partial charge in [0.15, 0.2) is 0 Å². The third kappa shape index (κ3) is 6.14. The fourth-order valence-corrected chi connectivity index (χ4v) is 2.68. The average Bonchev–Trinajstić information content (AvgIpc) is 2.53. The molecule has 0 aromatic heterocycles. The van der Waals surface area contributed by atoms with Crippen molar-refractivity contribution in [2.45, 2.75) is 18.2 Å². The molecular formula is C16H16Cl2F2NO3Y-. The van der Waals surface area contributed by atoms with E-state index in [1.54, 1.807) is 25.3 Å². The molecule has 9 heteroatoms. The Kier molecular flexibility index (Phi) is 9.82. The number of amides is 1. The number of nitrogens with zero attached hydrogens (tertiary/aromatic N) is 1. The number of alkyl halides is 3. The number of allylic oxidation sites excluding steroid dienone is 1. The Morgan fingerprint density at radius 2 is 2.12 bits per heavy atom. The molecule has 1 atom stereocenters. The van der Waals surface area contributed by atoms with Gasteiger partial charge in [-0.15, -0.1) is 40.5 Å². The van der Waals surface area contributed by atoms with E-state index in [4.69, 9.17) is 32.7 Å². The van der Waals surface area contributed by atoms with E-state index in [1.807, 2.05) is 0 Å². The van der Waals surface area contributed by atoms with Crippen LogP contribution in [0.2, 0.25) is 5.02 Å². The second kappa shape index (κ2) is 10.8. The standard InChI is InChI=1S/C16H16Cl2F2NO3.Y/c1-23-6-7-24-10-2-3-11(13(18)8-10)14-5-4-12(17)16(22)21(14)9-15(19)20;/h2-3,8,12,15H,4,6-7,9H2,1H3;/q-1;. The fourth-order valence-electron chi connectivity index (χ4n) is 2.23. The van der Waals surface area contributed by atoms with Gasteiger partial charge in [-0.2, -0.15) is 0 Å². The maximum Gasteiger partial charge on any atom is 0.256 e. The number of ether oxygens (including phenoxy) is 2. The Balaban J connectivity index is 0.00000312. The van der Waals surface area contributed by atoms with Crippen LogP contribution in [0.25, 0.3) is 5.70 Å². The van der Waals surface area contributed by atoms with Crippen molar-refractivity contribution >= 4 is 34.8 Å². The monoisotopic (exact) mass is 467 g/mol. The van der Waals surface area contributed by atoms with Gasteiger partial charge in [-0.05, 0) is 17.2 Å². The molecule has 1 amide bonds. The molecule has 1 heterocycles. The quantitative estimate of drug-likeness (QED) is 0.349. The summed E-state index contributed by atoms with van der Waals surface area (Å²) in [6.07, 6.45) is 0.340. The third-order valence-corrected chi connectivity index (χ3v) is 3.98. The molecule has 0 N–H and O–H groups in total. The van der Waals surface area contributed by atoms with Crippen molar-refractivity contribution < 1.29 is 55.8 Å². The van der Waals surface area contributed by atoms with E-state index in [0.717, 1.165) is 4.90 Å². The Morgan fingerprint density at radius 3 is 2.72 bits per heavy atom. The van der Waals surface area contributed by atoms with Gasteiger partial charge in [0.1, 0.15) is 17.7 Å². The minimum Gasteiger partial charge on any atom is -0.491 e. The van der Waals surface area contributed by atoms with Gasteiger partial charge < -0.3 is 14.4 Å². The molecule has 0 spiro atoms. The molecule has 4 nitrogen and oxygen atoms in total. The van der Waals surface area contributed by atoms with Crippen molar-refractivity contribution in [2.75, 3.05) is 26.9 Å². The van der Waals surface area contributed by atoms with Crippen LogP contribution in [0.5, 0.6) is 5.75 Å². The first-order chi connectivity index (χ1) is 11.4. The molecule has 25 heavy (non-hydrogen) atoms. The second-order valence-electron chi connectivity index (χ2n) is 5.02. The van der Waals surface area contributed by atoms with Crippen molar-refractivity contribution in [3.05, 3.63) is 34.9 Å². The van der Waals surface area contributed by atoms with Crippen LogP contribution in [0.15, 0.2) is 18.2 Å². The van der Waals surface area contributed by atoms with Crippen molar-refractivity contribution in [1.82, 2.24) is 4.90 Å². The first kappa shape index (κ1) is 22.8. The van der Waals surface area contributed by atoms with Gasteiger partial charge in [-0.3, -0.25) is 4.79 Å². The van der Waals surface area contributed by atoms with Crippen molar-refractivity contribution in [3.8, 4) is 5.75 Å². The number of hydrogen-bond donors (Lipinski definition) is 0. The van der Waals surface area contributed by atoms with Crippen molar-refractivity contribution in [1.29, 1.82) is 0 Å². The van der Waals surface area contributed by atoms with E-state index in [0.29, 0.717) is 24.5 Å². The molecule has 1 radical (unpaired) electrons. The molecule has 1 aliphatic rings. The van der Waals surface area contributed by atoms with E-state index in [9.17, 15) is 13.6 Å². The Hall–Kier alpha value is -0.266. The van der Waals surface area contributed by atoms with Crippen molar-refractivity contribution in [3.63, 3.8) is 0 Å². The van der Waals surface area contributed by atoms with Gasteiger partial charge in [0.2, 0.25) is 5.91 Å². The summed E-state index contributed by atoms with van der Waals surface area (Å²) < 4.78 is 35.9. The van der Waals surface area contributed by atoms with Crippen LogP contribution in [0.3, 0.4) is 0 Å². The van der Waals surface area contributed by atoms with Gasteiger partial charge in [0, 0.05) is 39.8 Å². The largest absolute Gasteiger partial charge is 0.491 e. The SMILES string of the molecule is COCCOc1ccc(C2=[C-]CC(Cl)C(=O)N2CC(F)F)c(Cl)c1.[Y]. The molecule has 2 rings (SSSR count). The zero-order chi connectivity index (χ0) is 17.7. The Morgan fingerprint density at radius 1 is 1.40 bits per heavy atom. The molecule has 0 saturated heterocycles. The normalized spacial score (nSPS) is 17.4. The molecule has 0 aliphatic carbocycles. The maximum atomic E-state index is 12.8. The summed E-state index contributed by atoms with van der Waals surface area (Å²) in [7, 11) is 1.56. The number of carbonyl (C=O) groups excluding carboxylic acids is 1. The topological polar surface area (TPSA) is 38.8 Å². The van der Waals surface area contributed by atoms with Crippen LogP contribution < -0.4 is 4.74 Å². The van der Waals surface area contributed by atoms with Crippen LogP contribution in [0.1, 0.15) is 12.0 Å². The molecular weight excluding hydrogens is 452 g/mol. The van der Waals surface area contributed by atoms with E-state index in [1.165, 1.54) is 0 Å². The Bertz CT molecular complexity index is 631. The van der Waals surface area contributed by atoms with Gasteiger partial charge in [-0.1, -0.05) is 6.42 Å². The summed E-state index contributed by atoms with van der Waals surface area (Å²) >= 11 is 12.1. The van der Waals surface area contributed by atoms with Gasteiger partial charge >= 0.3 is 0 Å². The fraction of sp³-hybridized carbons (Fsp3) is 0.438. The number of hydrogen-bond acceptors (Lipinski definition) is 3. The van der Waals surface area contributed by atoms with Crippen molar-refractivity contribution in [2.24, 2.45) is 0 Å². The number of halogens is 4. The molecule has 0 bridgehead atoms. The smallest absolute Gasteiger partial charge is 0.256 e. The molecule has 1 aliphatic heterocycles. The summed E-state index contributed by atoms with van der Waals surface area (Å²) in [6, 6.07) is 4.80. The van der Waals surface area contributed by atoms with Crippen LogP contribution >= 0.6 is 23.2 Å². The van der Waals surface area contributed by atoms with E-state index in [2.05, 4.69) is 6.08 Å². The number of carbonyl (C=O) groups is 1. The van der Waals surface area contributed by atoms with Gasteiger partial charge in [-0.25, -0.2) is 14.9 Å². The summed E-state index contributed by atoms with van der Waals surface area (Å²) in [4.78, 5) is 13.0. The molecule has 0 fully saturated rings. The predicted octanol–water partition coefficient (Wildman–Crippen LogP) is 3.61. The summed E-state index contributed by atoms with van der Waals surface area (Å²) in [5.74, 6) is -0.0682. The minimum atomic E-state index is -2.69. The number of methoxy groups -OCH3 is 1. The maximum absolute atomic E-state index is 12.8. The molecule has 135 valence electrons. The second-order valence-corrected chi connectivity index (χ2v) is 5.95. The summed E-state index contributed by atoms with van der Waals surface area (Å²) in [6.45, 7) is 0.0177. The third-order valence-electron chi connectivity index (χ3n) is 3.33. The first-order valence-electron chi connectivity index (χ1n) is 7.20. The number of rotatable bonds is 7. The van der Waals surface area contributed by atoms with E-state index in [-0.39, 0.29) is 49.8 Å². The van der Waals surface area contributed by atoms with Gasteiger partial charge in [0.05, 0.1) is 13.2 Å². The van der Waals surface area contributed by atoms with Gasteiger partial charge in [0.25, 0.3) is 6.43 Å². The van der Waals surface area contributed by atoms with Crippen LogP contribution in [-0.4, -0.2) is 49.5 Å². The Labute approximate surface area is 180 Å². The predicted molar refractivity (Wildman–Crippen MR) is 87.4 cm³/mol. The summed E-state index contributed by atoms with van der Waals surface area (Å²) in [5.41, 5.74) is 0.638. The minimum absolute atomic E-state index is 0.